The third kappa shape index (κ3) is 3.03. The molecule has 5 nitrogen and oxygen atoms in total. The predicted molar refractivity (Wildman–Crippen MR) is 81.7 cm³/mol. The third-order valence-electron chi connectivity index (χ3n) is 3.24. The minimum absolute atomic E-state index is 0.194. The van der Waals surface area contributed by atoms with Crippen molar-refractivity contribution >= 4 is 16.9 Å². The number of carbonyl (C=O) groups excluding carboxylic acids is 1. The Morgan fingerprint density at radius 3 is 2.95 bits per heavy atom. The largest absolute Gasteiger partial charge is 0.497 e. The van der Waals surface area contributed by atoms with Crippen molar-refractivity contribution in [2.75, 3.05) is 7.11 Å². The van der Waals surface area contributed by atoms with Gasteiger partial charge in [-0.3, -0.25) is 0 Å². The molecule has 3 aromatic rings. The number of nitrogens with zero attached hydrogens (tertiary/aromatic N) is 2. The molecule has 0 saturated carbocycles. The molecule has 2 aromatic carbocycles. The Morgan fingerprint density at radius 2 is 2.09 bits per heavy atom. The summed E-state index contributed by atoms with van der Waals surface area (Å²) in [6, 6.07) is 12.6. The Morgan fingerprint density at radius 1 is 1.18 bits per heavy atom. The average molecular weight is 294 g/mol. The molecular formula is C17H14N2O3. The number of aromatic nitrogens is 2. The third-order valence-corrected chi connectivity index (χ3v) is 3.24. The Kier molecular flexibility index (Phi) is 3.96. The van der Waals surface area contributed by atoms with Crippen molar-refractivity contribution in [2.45, 2.75) is 6.61 Å². The van der Waals surface area contributed by atoms with E-state index >= 15 is 0 Å². The van der Waals surface area contributed by atoms with Crippen LogP contribution in [0, 0.1) is 0 Å². The highest BCUT2D eigenvalue weighted by molar-refractivity contribution is 5.94. The van der Waals surface area contributed by atoms with Gasteiger partial charge >= 0.3 is 5.97 Å². The number of rotatable bonds is 4. The SMILES string of the molecule is COc1cccc(COC(=O)c2ccc3ncncc3c2)c1. The van der Waals surface area contributed by atoms with Crippen molar-refractivity contribution in [3.8, 4) is 5.75 Å². The topological polar surface area (TPSA) is 61.3 Å². The van der Waals surface area contributed by atoms with Gasteiger partial charge in [-0.1, -0.05) is 12.1 Å². The van der Waals surface area contributed by atoms with Gasteiger partial charge in [-0.25, -0.2) is 14.8 Å². The van der Waals surface area contributed by atoms with Crippen LogP contribution in [-0.2, 0) is 11.3 Å². The molecular weight excluding hydrogens is 280 g/mol. The van der Waals surface area contributed by atoms with Crippen LogP contribution in [0.4, 0.5) is 0 Å². The average Bonchev–Trinajstić information content (AvgIpc) is 2.59. The molecule has 1 heterocycles. The Labute approximate surface area is 127 Å². The van der Waals surface area contributed by atoms with Crippen LogP contribution in [0.15, 0.2) is 55.0 Å². The molecule has 0 atom stereocenters. The maximum absolute atomic E-state index is 12.1. The first-order valence-electron chi connectivity index (χ1n) is 6.76. The van der Waals surface area contributed by atoms with Crippen LogP contribution in [0.1, 0.15) is 15.9 Å². The Bertz CT molecular complexity index is 818. The molecule has 3 rings (SSSR count). The first-order valence-corrected chi connectivity index (χ1v) is 6.76. The summed E-state index contributed by atoms with van der Waals surface area (Å²) in [5, 5.41) is 0.804. The van der Waals surface area contributed by atoms with E-state index in [9.17, 15) is 4.79 Å². The van der Waals surface area contributed by atoms with Crippen molar-refractivity contribution in [3.05, 3.63) is 66.1 Å². The second-order valence-electron chi connectivity index (χ2n) is 4.72. The van der Waals surface area contributed by atoms with Crippen LogP contribution < -0.4 is 4.74 Å². The van der Waals surface area contributed by atoms with Gasteiger partial charge in [0.25, 0.3) is 0 Å². The number of hydrogen-bond donors (Lipinski definition) is 0. The molecule has 0 bridgehead atoms. The van der Waals surface area contributed by atoms with Crippen LogP contribution in [0.2, 0.25) is 0 Å². The smallest absolute Gasteiger partial charge is 0.338 e. The van der Waals surface area contributed by atoms with Gasteiger partial charge in [0, 0.05) is 11.6 Å². The zero-order valence-electron chi connectivity index (χ0n) is 12.0. The quantitative estimate of drug-likeness (QED) is 0.692. The van der Waals surface area contributed by atoms with E-state index in [1.165, 1.54) is 6.33 Å². The van der Waals surface area contributed by atoms with Gasteiger partial charge in [0.1, 0.15) is 18.7 Å². The number of fused-ring (bicyclic) bond motifs is 1. The standard InChI is InChI=1S/C17H14N2O3/c1-21-15-4-2-3-12(7-15)10-22-17(20)13-5-6-16-14(8-13)9-18-11-19-16/h2-9,11H,10H2,1H3. The lowest BCUT2D eigenvalue weighted by atomic mass is 10.1. The van der Waals surface area contributed by atoms with Gasteiger partial charge in [-0.05, 0) is 35.9 Å². The van der Waals surface area contributed by atoms with Crippen molar-refractivity contribution in [1.82, 2.24) is 9.97 Å². The van der Waals surface area contributed by atoms with E-state index in [4.69, 9.17) is 9.47 Å². The predicted octanol–water partition coefficient (Wildman–Crippen LogP) is 3.00. The highest BCUT2D eigenvalue weighted by Gasteiger charge is 2.09. The maximum Gasteiger partial charge on any atom is 0.338 e. The van der Waals surface area contributed by atoms with Crippen LogP contribution >= 0.6 is 0 Å². The molecule has 0 spiro atoms. The fraction of sp³-hybridized carbons (Fsp3) is 0.118. The lowest BCUT2D eigenvalue weighted by molar-refractivity contribution is 0.0472. The lowest BCUT2D eigenvalue weighted by Gasteiger charge is -2.07. The summed E-state index contributed by atoms with van der Waals surface area (Å²) in [5.41, 5.74) is 2.14. The Balaban J connectivity index is 1.72. The molecule has 0 aliphatic rings. The molecule has 0 fully saturated rings. The van der Waals surface area contributed by atoms with Crippen LogP contribution in [0.5, 0.6) is 5.75 Å². The van der Waals surface area contributed by atoms with Gasteiger partial charge in [-0.2, -0.15) is 0 Å². The highest BCUT2D eigenvalue weighted by atomic mass is 16.5. The molecule has 110 valence electrons. The highest BCUT2D eigenvalue weighted by Crippen LogP contribution is 2.16. The second-order valence-corrected chi connectivity index (χ2v) is 4.72. The monoisotopic (exact) mass is 294 g/mol. The number of methoxy groups -OCH3 is 1. The Hall–Kier alpha value is -2.95. The first-order chi connectivity index (χ1) is 10.8. The summed E-state index contributed by atoms with van der Waals surface area (Å²) in [6.07, 6.45) is 3.14. The second kappa shape index (κ2) is 6.22. The van der Waals surface area contributed by atoms with Gasteiger partial charge in [0.05, 0.1) is 18.2 Å². The molecule has 5 heteroatoms. The molecule has 0 aliphatic heterocycles. The molecule has 0 unspecified atom stereocenters. The van der Waals surface area contributed by atoms with Crippen molar-refractivity contribution in [3.63, 3.8) is 0 Å². The van der Waals surface area contributed by atoms with Crippen molar-refractivity contribution < 1.29 is 14.3 Å². The first kappa shape index (κ1) is 14.0. The zero-order valence-corrected chi connectivity index (χ0v) is 12.0. The van der Waals surface area contributed by atoms with E-state index in [1.54, 1.807) is 31.5 Å². The summed E-state index contributed by atoms with van der Waals surface area (Å²) in [6.45, 7) is 0.194. The van der Waals surface area contributed by atoms with Crippen molar-refractivity contribution in [1.29, 1.82) is 0 Å². The zero-order chi connectivity index (χ0) is 15.4. The summed E-state index contributed by atoms with van der Waals surface area (Å²) in [7, 11) is 1.60. The van der Waals surface area contributed by atoms with Crippen LogP contribution in [0.3, 0.4) is 0 Å². The maximum atomic E-state index is 12.1. The minimum Gasteiger partial charge on any atom is -0.497 e. The fourth-order valence-electron chi connectivity index (χ4n) is 2.11. The lowest BCUT2D eigenvalue weighted by Crippen LogP contribution is -2.05. The fourth-order valence-corrected chi connectivity index (χ4v) is 2.11. The molecule has 0 aliphatic carbocycles. The number of hydrogen-bond acceptors (Lipinski definition) is 5. The number of carbonyl (C=O) groups is 1. The number of esters is 1. The summed E-state index contributed by atoms with van der Waals surface area (Å²) >= 11 is 0. The normalized spacial score (nSPS) is 10.4. The van der Waals surface area contributed by atoms with E-state index in [1.807, 2.05) is 24.3 Å². The summed E-state index contributed by atoms with van der Waals surface area (Å²) < 4.78 is 10.5. The van der Waals surface area contributed by atoms with E-state index in [0.717, 1.165) is 22.2 Å². The van der Waals surface area contributed by atoms with Gasteiger partial charge in [0.2, 0.25) is 0 Å². The van der Waals surface area contributed by atoms with Gasteiger partial charge < -0.3 is 9.47 Å². The van der Waals surface area contributed by atoms with E-state index in [-0.39, 0.29) is 12.6 Å². The molecule has 0 amide bonds. The molecule has 0 N–H and O–H groups in total. The number of benzene rings is 2. The minimum atomic E-state index is -0.381. The van der Waals surface area contributed by atoms with Gasteiger partial charge in [0.15, 0.2) is 0 Å². The van der Waals surface area contributed by atoms with Crippen LogP contribution in [-0.4, -0.2) is 23.0 Å². The summed E-state index contributed by atoms with van der Waals surface area (Å²) in [4.78, 5) is 20.2. The molecule has 0 saturated heterocycles. The van der Waals surface area contributed by atoms with E-state index < -0.39 is 0 Å². The molecule has 22 heavy (non-hydrogen) atoms. The summed E-state index contributed by atoms with van der Waals surface area (Å²) in [5.74, 6) is 0.352. The number of ether oxygens (including phenoxy) is 2. The molecule has 0 radical (unpaired) electrons. The van der Waals surface area contributed by atoms with E-state index in [2.05, 4.69) is 9.97 Å². The molecule has 1 aromatic heterocycles. The van der Waals surface area contributed by atoms with Gasteiger partial charge in [-0.15, -0.1) is 0 Å². The van der Waals surface area contributed by atoms with Crippen molar-refractivity contribution in [2.24, 2.45) is 0 Å². The van der Waals surface area contributed by atoms with Crippen LogP contribution in [0.25, 0.3) is 10.9 Å². The van der Waals surface area contributed by atoms with E-state index in [0.29, 0.717) is 5.56 Å².